The molecule has 3 unspecified atom stereocenters. The monoisotopic (exact) mass is 277 g/mol. The lowest BCUT2D eigenvalue weighted by Crippen LogP contribution is -2.44. The van der Waals surface area contributed by atoms with Crippen molar-refractivity contribution in [3.63, 3.8) is 0 Å². The zero-order valence-electron chi connectivity index (χ0n) is 12.6. The van der Waals surface area contributed by atoms with Gasteiger partial charge in [-0.25, -0.2) is 0 Å². The Hall–Kier alpha value is -1.55. The molecule has 1 fully saturated rings. The van der Waals surface area contributed by atoms with Crippen LogP contribution in [0, 0.1) is 19.8 Å². The van der Waals surface area contributed by atoms with Crippen LogP contribution in [0.5, 0.6) is 5.75 Å². The molecule has 0 amide bonds. The molecular weight excluding hydrogens is 254 g/mol. The van der Waals surface area contributed by atoms with Gasteiger partial charge in [0.1, 0.15) is 5.75 Å². The van der Waals surface area contributed by atoms with Gasteiger partial charge in [0.2, 0.25) is 0 Å². The minimum absolute atomic E-state index is 0.0645. The number of benzene rings is 1. The SMILES string of the molecule is COc1cc(C)c(C2CC(C)NCC2C(=O)O)c(C)c1. The summed E-state index contributed by atoms with van der Waals surface area (Å²) >= 11 is 0. The summed E-state index contributed by atoms with van der Waals surface area (Å²) in [4.78, 5) is 11.5. The maximum atomic E-state index is 11.5. The van der Waals surface area contributed by atoms with Crippen molar-refractivity contribution in [2.24, 2.45) is 5.92 Å². The maximum Gasteiger partial charge on any atom is 0.308 e. The molecule has 1 heterocycles. The number of rotatable bonds is 3. The average Bonchev–Trinajstić information content (AvgIpc) is 2.37. The topological polar surface area (TPSA) is 58.6 Å². The first-order chi connectivity index (χ1) is 9.43. The number of carbonyl (C=O) groups is 1. The Bertz CT molecular complexity index is 489. The van der Waals surface area contributed by atoms with Crippen LogP contribution < -0.4 is 10.1 Å². The van der Waals surface area contributed by atoms with Gasteiger partial charge in [-0.05, 0) is 56.0 Å². The highest BCUT2D eigenvalue weighted by molar-refractivity contribution is 5.72. The summed E-state index contributed by atoms with van der Waals surface area (Å²) in [6.07, 6.45) is 0.852. The molecular formula is C16H23NO3. The largest absolute Gasteiger partial charge is 0.497 e. The first-order valence-electron chi connectivity index (χ1n) is 7.05. The van der Waals surface area contributed by atoms with E-state index in [4.69, 9.17) is 4.74 Å². The molecule has 1 aliphatic rings. The first-order valence-corrected chi connectivity index (χ1v) is 7.05. The molecule has 110 valence electrons. The molecule has 2 N–H and O–H groups in total. The van der Waals surface area contributed by atoms with Crippen LogP contribution in [0.1, 0.15) is 36.0 Å². The van der Waals surface area contributed by atoms with E-state index >= 15 is 0 Å². The molecule has 1 aliphatic heterocycles. The summed E-state index contributed by atoms with van der Waals surface area (Å²) in [5.41, 5.74) is 3.41. The zero-order valence-corrected chi connectivity index (χ0v) is 12.6. The van der Waals surface area contributed by atoms with E-state index in [1.807, 2.05) is 26.0 Å². The summed E-state index contributed by atoms with van der Waals surface area (Å²) in [5.74, 6) is -0.187. The molecule has 3 atom stereocenters. The Balaban J connectivity index is 2.44. The number of methoxy groups -OCH3 is 1. The average molecular weight is 277 g/mol. The van der Waals surface area contributed by atoms with E-state index in [1.165, 1.54) is 5.56 Å². The van der Waals surface area contributed by atoms with Crippen molar-refractivity contribution in [1.82, 2.24) is 5.32 Å². The van der Waals surface area contributed by atoms with Crippen LogP contribution in [0.25, 0.3) is 0 Å². The number of hydrogen-bond acceptors (Lipinski definition) is 3. The first kappa shape index (κ1) is 14.9. The fraction of sp³-hybridized carbons (Fsp3) is 0.562. The molecule has 1 saturated heterocycles. The number of carboxylic acids is 1. The van der Waals surface area contributed by atoms with Crippen molar-refractivity contribution in [2.45, 2.75) is 39.2 Å². The molecule has 20 heavy (non-hydrogen) atoms. The van der Waals surface area contributed by atoms with Gasteiger partial charge in [-0.1, -0.05) is 0 Å². The summed E-state index contributed by atoms with van der Waals surface area (Å²) in [7, 11) is 1.65. The minimum atomic E-state index is -0.719. The standard InChI is InChI=1S/C16H23NO3/c1-9-5-12(20-4)6-10(2)15(9)13-7-11(3)17-8-14(13)16(18)19/h5-6,11,13-14,17H,7-8H2,1-4H3,(H,18,19). The van der Waals surface area contributed by atoms with E-state index in [0.717, 1.165) is 23.3 Å². The van der Waals surface area contributed by atoms with Gasteiger partial charge in [-0.15, -0.1) is 0 Å². The van der Waals surface area contributed by atoms with Gasteiger partial charge in [0, 0.05) is 18.5 Å². The smallest absolute Gasteiger partial charge is 0.308 e. The van der Waals surface area contributed by atoms with Gasteiger partial charge in [0.15, 0.2) is 0 Å². The maximum absolute atomic E-state index is 11.5. The molecule has 2 rings (SSSR count). The quantitative estimate of drug-likeness (QED) is 0.891. The van der Waals surface area contributed by atoms with Crippen molar-refractivity contribution in [3.05, 3.63) is 28.8 Å². The van der Waals surface area contributed by atoms with Crippen molar-refractivity contribution in [1.29, 1.82) is 0 Å². The van der Waals surface area contributed by atoms with E-state index in [0.29, 0.717) is 12.6 Å². The second kappa shape index (κ2) is 5.83. The number of piperidine rings is 1. The molecule has 1 aromatic rings. The van der Waals surface area contributed by atoms with Crippen molar-refractivity contribution in [2.75, 3.05) is 13.7 Å². The molecule has 0 radical (unpaired) electrons. The fourth-order valence-electron chi connectivity index (χ4n) is 3.32. The molecule has 0 bridgehead atoms. The highest BCUT2D eigenvalue weighted by Gasteiger charge is 2.35. The Morgan fingerprint density at radius 1 is 1.35 bits per heavy atom. The summed E-state index contributed by atoms with van der Waals surface area (Å²) in [6.45, 7) is 6.72. The number of carboxylic acid groups (broad SMARTS) is 1. The number of aliphatic carboxylic acids is 1. The third kappa shape index (κ3) is 2.80. The van der Waals surface area contributed by atoms with Crippen LogP contribution >= 0.6 is 0 Å². The zero-order chi connectivity index (χ0) is 14.9. The molecule has 0 aromatic heterocycles. The van der Waals surface area contributed by atoms with Gasteiger partial charge in [-0.3, -0.25) is 4.79 Å². The molecule has 0 aliphatic carbocycles. The molecule has 1 aromatic carbocycles. The lowest BCUT2D eigenvalue weighted by Gasteiger charge is -2.35. The van der Waals surface area contributed by atoms with Gasteiger partial charge < -0.3 is 15.2 Å². The Morgan fingerprint density at radius 2 is 1.95 bits per heavy atom. The van der Waals surface area contributed by atoms with Gasteiger partial charge in [-0.2, -0.15) is 0 Å². The number of nitrogens with one attached hydrogen (secondary N) is 1. The minimum Gasteiger partial charge on any atom is -0.497 e. The normalized spacial score (nSPS) is 26.3. The predicted molar refractivity (Wildman–Crippen MR) is 78.4 cm³/mol. The van der Waals surface area contributed by atoms with Crippen LogP contribution in [0.15, 0.2) is 12.1 Å². The Labute approximate surface area is 120 Å². The van der Waals surface area contributed by atoms with Crippen LogP contribution in [0.2, 0.25) is 0 Å². The van der Waals surface area contributed by atoms with Crippen molar-refractivity contribution < 1.29 is 14.6 Å². The molecule has 0 saturated carbocycles. The Morgan fingerprint density at radius 3 is 2.45 bits per heavy atom. The number of ether oxygens (including phenoxy) is 1. The second-order valence-electron chi connectivity index (χ2n) is 5.77. The second-order valence-corrected chi connectivity index (χ2v) is 5.77. The summed E-state index contributed by atoms with van der Waals surface area (Å²) in [6, 6.07) is 4.33. The third-order valence-corrected chi connectivity index (χ3v) is 4.27. The Kier molecular flexibility index (Phi) is 4.33. The number of hydrogen-bond donors (Lipinski definition) is 2. The van der Waals surface area contributed by atoms with Crippen molar-refractivity contribution >= 4 is 5.97 Å². The van der Waals surface area contributed by atoms with Crippen LogP contribution in [-0.4, -0.2) is 30.8 Å². The summed E-state index contributed by atoms with van der Waals surface area (Å²) < 4.78 is 5.28. The highest BCUT2D eigenvalue weighted by atomic mass is 16.5. The highest BCUT2D eigenvalue weighted by Crippen LogP contribution is 2.37. The van der Waals surface area contributed by atoms with Gasteiger partial charge >= 0.3 is 5.97 Å². The van der Waals surface area contributed by atoms with E-state index in [-0.39, 0.29) is 11.8 Å². The predicted octanol–water partition coefficient (Wildman–Crippen LogP) is 2.48. The fourth-order valence-corrected chi connectivity index (χ4v) is 3.32. The lowest BCUT2D eigenvalue weighted by atomic mass is 9.75. The number of aryl methyl sites for hydroxylation is 2. The van der Waals surface area contributed by atoms with E-state index < -0.39 is 5.97 Å². The van der Waals surface area contributed by atoms with E-state index in [9.17, 15) is 9.90 Å². The molecule has 0 spiro atoms. The summed E-state index contributed by atoms with van der Waals surface area (Å²) in [5, 5.41) is 12.7. The molecule has 4 heteroatoms. The van der Waals surface area contributed by atoms with Crippen molar-refractivity contribution in [3.8, 4) is 5.75 Å². The lowest BCUT2D eigenvalue weighted by molar-refractivity contribution is -0.143. The van der Waals surface area contributed by atoms with E-state index in [1.54, 1.807) is 7.11 Å². The third-order valence-electron chi connectivity index (χ3n) is 4.27. The van der Waals surface area contributed by atoms with E-state index in [2.05, 4.69) is 12.2 Å². The van der Waals surface area contributed by atoms with Gasteiger partial charge in [0.05, 0.1) is 13.0 Å². The van der Waals surface area contributed by atoms with Crippen LogP contribution in [0.4, 0.5) is 0 Å². The van der Waals surface area contributed by atoms with Crippen LogP contribution in [-0.2, 0) is 4.79 Å². The van der Waals surface area contributed by atoms with Crippen LogP contribution in [0.3, 0.4) is 0 Å². The molecule has 4 nitrogen and oxygen atoms in total. The van der Waals surface area contributed by atoms with Gasteiger partial charge in [0.25, 0.3) is 0 Å².